The monoisotopic (exact) mass is 318 g/mol. The number of nitrogens with zero attached hydrogens (tertiary/aromatic N) is 3. The maximum atomic E-state index is 12.1. The number of amides is 1. The molecule has 1 amide bonds. The van der Waals surface area contributed by atoms with E-state index in [1.54, 1.807) is 4.90 Å². The summed E-state index contributed by atoms with van der Waals surface area (Å²) in [5.41, 5.74) is 2.06. The van der Waals surface area contributed by atoms with Crippen LogP contribution in [0.15, 0.2) is 12.1 Å². The SMILES string of the molecule is CC(C)(C)OC(=O)N1CCN(c2ccc3c(n2)CCNC3)CC1. The van der Waals surface area contributed by atoms with Gasteiger partial charge in [0.2, 0.25) is 0 Å². The average molecular weight is 318 g/mol. The van der Waals surface area contributed by atoms with Gasteiger partial charge in [0.1, 0.15) is 11.4 Å². The minimum absolute atomic E-state index is 0.221. The summed E-state index contributed by atoms with van der Waals surface area (Å²) in [5.74, 6) is 1.02. The molecule has 1 N–H and O–H groups in total. The second kappa shape index (κ2) is 6.35. The summed E-state index contributed by atoms with van der Waals surface area (Å²) in [6.07, 6.45) is 0.766. The van der Waals surface area contributed by atoms with Crippen LogP contribution in [0, 0.1) is 0 Å². The molecule has 0 aromatic carbocycles. The molecule has 126 valence electrons. The third-order valence-corrected chi connectivity index (χ3v) is 4.16. The number of carbonyl (C=O) groups is 1. The Kier molecular flexibility index (Phi) is 4.43. The molecule has 6 nitrogen and oxygen atoms in total. The molecule has 0 saturated carbocycles. The lowest BCUT2D eigenvalue weighted by Gasteiger charge is -2.36. The predicted octanol–water partition coefficient (Wildman–Crippen LogP) is 1.78. The van der Waals surface area contributed by atoms with Crippen molar-refractivity contribution in [3.8, 4) is 0 Å². The summed E-state index contributed by atoms with van der Waals surface area (Å²) < 4.78 is 5.44. The molecule has 1 aromatic rings. The first-order valence-electron chi connectivity index (χ1n) is 8.35. The normalized spacial score (nSPS) is 18.6. The van der Waals surface area contributed by atoms with E-state index in [1.165, 1.54) is 11.3 Å². The first kappa shape index (κ1) is 16.1. The lowest BCUT2D eigenvalue weighted by molar-refractivity contribution is 0.0240. The summed E-state index contributed by atoms with van der Waals surface area (Å²) in [4.78, 5) is 21.0. The second-order valence-corrected chi connectivity index (χ2v) is 7.16. The van der Waals surface area contributed by atoms with Gasteiger partial charge in [-0.3, -0.25) is 0 Å². The minimum atomic E-state index is -0.442. The number of ether oxygens (including phenoxy) is 1. The highest BCUT2D eigenvalue weighted by Crippen LogP contribution is 2.20. The minimum Gasteiger partial charge on any atom is -0.444 e. The molecule has 2 aliphatic heterocycles. The zero-order valence-corrected chi connectivity index (χ0v) is 14.3. The Labute approximate surface area is 137 Å². The molecule has 0 aliphatic carbocycles. The van der Waals surface area contributed by atoms with Crippen molar-refractivity contribution in [2.24, 2.45) is 0 Å². The number of carbonyl (C=O) groups excluding carboxylic acids is 1. The summed E-state index contributed by atoms with van der Waals surface area (Å²) in [5, 5.41) is 3.37. The summed E-state index contributed by atoms with van der Waals surface area (Å²) in [6, 6.07) is 4.26. The van der Waals surface area contributed by atoms with Crippen molar-refractivity contribution in [2.75, 3.05) is 37.6 Å². The lowest BCUT2D eigenvalue weighted by Crippen LogP contribution is -2.50. The van der Waals surface area contributed by atoms with E-state index in [-0.39, 0.29) is 6.09 Å². The number of pyridine rings is 1. The van der Waals surface area contributed by atoms with E-state index >= 15 is 0 Å². The molecule has 3 heterocycles. The highest BCUT2D eigenvalue weighted by Gasteiger charge is 2.26. The van der Waals surface area contributed by atoms with Crippen LogP contribution in [0.1, 0.15) is 32.0 Å². The van der Waals surface area contributed by atoms with Crippen molar-refractivity contribution in [1.29, 1.82) is 0 Å². The van der Waals surface area contributed by atoms with Gasteiger partial charge in [0, 0.05) is 51.4 Å². The molecule has 2 aliphatic rings. The molecular formula is C17H26N4O2. The molecule has 0 spiro atoms. The van der Waals surface area contributed by atoms with Gasteiger partial charge in [-0.1, -0.05) is 6.07 Å². The number of hydrogen-bond donors (Lipinski definition) is 1. The quantitative estimate of drug-likeness (QED) is 0.855. The fourth-order valence-corrected chi connectivity index (χ4v) is 2.95. The van der Waals surface area contributed by atoms with E-state index < -0.39 is 5.60 Å². The fourth-order valence-electron chi connectivity index (χ4n) is 2.95. The smallest absolute Gasteiger partial charge is 0.410 e. The summed E-state index contributed by atoms with van der Waals surface area (Å²) in [7, 11) is 0. The second-order valence-electron chi connectivity index (χ2n) is 7.16. The van der Waals surface area contributed by atoms with Crippen LogP contribution in [0.2, 0.25) is 0 Å². The first-order valence-corrected chi connectivity index (χ1v) is 8.35. The Morgan fingerprint density at radius 2 is 1.96 bits per heavy atom. The van der Waals surface area contributed by atoms with E-state index in [9.17, 15) is 4.79 Å². The largest absolute Gasteiger partial charge is 0.444 e. The fraction of sp³-hybridized carbons (Fsp3) is 0.647. The number of aromatic nitrogens is 1. The molecule has 0 unspecified atom stereocenters. The molecule has 1 aromatic heterocycles. The van der Waals surface area contributed by atoms with Crippen LogP contribution >= 0.6 is 0 Å². The Hall–Kier alpha value is -1.82. The molecule has 1 saturated heterocycles. The van der Waals surface area contributed by atoms with Crippen LogP contribution < -0.4 is 10.2 Å². The van der Waals surface area contributed by atoms with Crippen LogP contribution in [0.25, 0.3) is 0 Å². The molecule has 0 atom stereocenters. The number of anilines is 1. The van der Waals surface area contributed by atoms with Gasteiger partial charge in [0.25, 0.3) is 0 Å². The van der Waals surface area contributed by atoms with E-state index in [0.29, 0.717) is 13.1 Å². The van der Waals surface area contributed by atoms with Gasteiger partial charge in [-0.05, 0) is 32.4 Å². The third-order valence-electron chi connectivity index (χ3n) is 4.16. The van der Waals surface area contributed by atoms with Crippen molar-refractivity contribution in [3.05, 3.63) is 23.4 Å². The summed E-state index contributed by atoms with van der Waals surface area (Å²) in [6.45, 7) is 10.5. The highest BCUT2D eigenvalue weighted by atomic mass is 16.6. The first-order chi connectivity index (χ1) is 10.9. The van der Waals surface area contributed by atoms with Gasteiger partial charge in [-0.15, -0.1) is 0 Å². The van der Waals surface area contributed by atoms with Gasteiger partial charge in [0.15, 0.2) is 0 Å². The number of hydrogen-bond acceptors (Lipinski definition) is 5. The Balaban J connectivity index is 1.60. The van der Waals surface area contributed by atoms with E-state index in [4.69, 9.17) is 9.72 Å². The third kappa shape index (κ3) is 3.93. The molecule has 0 radical (unpaired) electrons. The molecule has 6 heteroatoms. The number of fused-ring (bicyclic) bond motifs is 1. The number of piperazine rings is 1. The zero-order chi connectivity index (χ0) is 16.4. The van der Waals surface area contributed by atoms with Gasteiger partial charge < -0.3 is 19.9 Å². The van der Waals surface area contributed by atoms with Crippen LogP contribution in [0.3, 0.4) is 0 Å². The van der Waals surface area contributed by atoms with Crippen LogP contribution in [-0.2, 0) is 17.7 Å². The van der Waals surface area contributed by atoms with Crippen molar-refractivity contribution < 1.29 is 9.53 Å². The Bertz CT molecular complexity index is 574. The van der Waals surface area contributed by atoms with Crippen LogP contribution in [0.5, 0.6) is 0 Å². The Morgan fingerprint density at radius 3 is 2.65 bits per heavy atom. The molecule has 3 rings (SSSR count). The Morgan fingerprint density at radius 1 is 1.22 bits per heavy atom. The maximum absolute atomic E-state index is 12.1. The van der Waals surface area contributed by atoms with Crippen LogP contribution in [0.4, 0.5) is 10.6 Å². The van der Waals surface area contributed by atoms with E-state index in [2.05, 4.69) is 22.3 Å². The van der Waals surface area contributed by atoms with Gasteiger partial charge in [-0.25, -0.2) is 9.78 Å². The standard InChI is InChI=1S/C17H26N4O2/c1-17(2,3)23-16(22)21-10-8-20(9-11-21)15-5-4-13-12-18-7-6-14(13)19-15/h4-5,18H,6-12H2,1-3H3. The maximum Gasteiger partial charge on any atom is 0.410 e. The van der Waals surface area contributed by atoms with Gasteiger partial charge in [-0.2, -0.15) is 0 Å². The molecular weight excluding hydrogens is 292 g/mol. The molecule has 0 bridgehead atoms. The molecule has 23 heavy (non-hydrogen) atoms. The van der Waals surface area contributed by atoms with Crippen LogP contribution in [-0.4, -0.2) is 54.3 Å². The van der Waals surface area contributed by atoms with Crippen molar-refractivity contribution >= 4 is 11.9 Å². The van der Waals surface area contributed by atoms with Crippen molar-refractivity contribution in [3.63, 3.8) is 0 Å². The average Bonchev–Trinajstić information content (AvgIpc) is 2.53. The topological polar surface area (TPSA) is 57.7 Å². The van der Waals surface area contributed by atoms with Crippen molar-refractivity contribution in [1.82, 2.24) is 15.2 Å². The van der Waals surface area contributed by atoms with E-state index in [0.717, 1.165) is 38.4 Å². The van der Waals surface area contributed by atoms with Gasteiger partial charge >= 0.3 is 6.09 Å². The highest BCUT2D eigenvalue weighted by molar-refractivity contribution is 5.68. The zero-order valence-electron chi connectivity index (χ0n) is 14.3. The van der Waals surface area contributed by atoms with Gasteiger partial charge in [0.05, 0.1) is 0 Å². The summed E-state index contributed by atoms with van der Waals surface area (Å²) >= 11 is 0. The predicted molar refractivity (Wildman–Crippen MR) is 89.7 cm³/mol. The number of nitrogens with one attached hydrogen (secondary N) is 1. The molecule has 1 fully saturated rings. The lowest BCUT2D eigenvalue weighted by atomic mass is 10.1. The van der Waals surface area contributed by atoms with E-state index in [1.807, 2.05) is 20.8 Å². The van der Waals surface area contributed by atoms with Crippen molar-refractivity contribution in [2.45, 2.75) is 39.3 Å². The number of rotatable bonds is 1.